The van der Waals surface area contributed by atoms with Crippen LogP contribution in [0.2, 0.25) is 0 Å². The molecule has 0 saturated carbocycles. The van der Waals surface area contributed by atoms with Gasteiger partial charge in [0.05, 0.1) is 18.4 Å². The third kappa shape index (κ3) is 4.41. The zero-order valence-electron chi connectivity index (χ0n) is 10.8. The van der Waals surface area contributed by atoms with Crippen molar-refractivity contribution in [2.45, 2.75) is 6.54 Å². The zero-order valence-corrected chi connectivity index (χ0v) is 10.8. The molecule has 0 bridgehead atoms. The predicted molar refractivity (Wildman–Crippen MR) is 78.2 cm³/mol. The van der Waals surface area contributed by atoms with Crippen molar-refractivity contribution in [2.24, 2.45) is 10.7 Å². The summed E-state index contributed by atoms with van der Waals surface area (Å²) in [5.74, 6) is 0.0650. The minimum absolute atomic E-state index is 0.0650. The highest BCUT2D eigenvalue weighted by molar-refractivity contribution is 6.01. The minimum Gasteiger partial charge on any atom is -0.370 e. The largest absolute Gasteiger partial charge is 0.370 e. The topological polar surface area (TPSA) is 92.4 Å². The van der Waals surface area contributed by atoms with Crippen LogP contribution in [0.3, 0.4) is 0 Å². The van der Waals surface area contributed by atoms with E-state index in [1.165, 1.54) is 6.20 Å². The highest BCUT2D eigenvalue weighted by atomic mass is 16.2. The fraction of sp³-hybridized carbons (Fsp3) is 0.0714. The van der Waals surface area contributed by atoms with Crippen LogP contribution in [0.4, 0.5) is 10.5 Å². The molecule has 0 aliphatic carbocycles. The van der Waals surface area contributed by atoms with E-state index >= 15 is 0 Å². The van der Waals surface area contributed by atoms with Gasteiger partial charge in [0.15, 0.2) is 5.96 Å². The van der Waals surface area contributed by atoms with Crippen molar-refractivity contribution in [1.82, 2.24) is 10.3 Å². The summed E-state index contributed by atoms with van der Waals surface area (Å²) < 4.78 is 0. The first kappa shape index (κ1) is 13.5. The first-order valence-electron chi connectivity index (χ1n) is 6.06. The lowest BCUT2D eigenvalue weighted by molar-refractivity contribution is 0.256. The quantitative estimate of drug-likeness (QED) is 0.585. The Morgan fingerprint density at radius 1 is 1.20 bits per heavy atom. The molecule has 0 saturated heterocycles. The van der Waals surface area contributed by atoms with E-state index in [4.69, 9.17) is 5.73 Å². The fourth-order valence-electron chi connectivity index (χ4n) is 1.51. The summed E-state index contributed by atoms with van der Waals surface area (Å²) in [4.78, 5) is 19.6. The molecule has 0 atom stereocenters. The number of nitrogens with zero attached hydrogens (tertiary/aromatic N) is 2. The molecule has 1 heterocycles. The number of aliphatic imine (C=N–C) groups is 1. The Morgan fingerprint density at radius 3 is 2.70 bits per heavy atom. The van der Waals surface area contributed by atoms with Gasteiger partial charge in [-0.3, -0.25) is 10.3 Å². The van der Waals surface area contributed by atoms with Gasteiger partial charge < -0.3 is 11.1 Å². The third-order valence-electron chi connectivity index (χ3n) is 2.44. The highest BCUT2D eigenvalue weighted by Gasteiger charge is 2.02. The summed E-state index contributed by atoms with van der Waals surface area (Å²) in [6.45, 7) is 0.417. The number of carbonyl (C=O) groups excluding carboxylic acids is 1. The van der Waals surface area contributed by atoms with Crippen LogP contribution < -0.4 is 16.4 Å². The lowest BCUT2D eigenvalue weighted by atomic mass is 10.2. The summed E-state index contributed by atoms with van der Waals surface area (Å²) in [6, 6.07) is 12.6. The van der Waals surface area contributed by atoms with E-state index in [0.29, 0.717) is 12.2 Å². The van der Waals surface area contributed by atoms with Crippen molar-refractivity contribution in [1.29, 1.82) is 0 Å². The van der Waals surface area contributed by atoms with Gasteiger partial charge >= 0.3 is 6.03 Å². The Balaban J connectivity index is 1.84. The molecule has 2 amide bonds. The number of anilines is 1. The van der Waals surface area contributed by atoms with E-state index in [-0.39, 0.29) is 5.96 Å². The molecule has 0 unspecified atom stereocenters. The lowest BCUT2D eigenvalue weighted by Gasteiger charge is -2.06. The van der Waals surface area contributed by atoms with Crippen LogP contribution in [0.1, 0.15) is 5.56 Å². The van der Waals surface area contributed by atoms with E-state index < -0.39 is 6.03 Å². The maximum Gasteiger partial charge on any atom is 0.326 e. The average Bonchev–Trinajstić information content (AvgIpc) is 2.47. The number of carbonyl (C=O) groups is 1. The Morgan fingerprint density at radius 2 is 2.00 bits per heavy atom. The lowest BCUT2D eigenvalue weighted by Crippen LogP contribution is -2.39. The number of nitrogens with two attached hydrogens (primary N) is 1. The summed E-state index contributed by atoms with van der Waals surface area (Å²) in [5, 5.41) is 5.05. The van der Waals surface area contributed by atoms with Crippen LogP contribution >= 0.6 is 0 Å². The Hall–Kier alpha value is -2.89. The van der Waals surface area contributed by atoms with Crippen LogP contribution in [0.15, 0.2) is 59.9 Å². The molecule has 0 radical (unpaired) electrons. The molecule has 6 nitrogen and oxygen atoms in total. The van der Waals surface area contributed by atoms with Crippen LogP contribution in [0.25, 0.3) is 0 Å². The molecule has 1 aromatic carbocycles. The van der Waals surface area contributed by atoms with Crippen LogP contribution in [0.5, 0.6) is 0 Å². The van der Waals surface area contributed by atoms with Gasteiger partial charge in [0.2, 0.25) is 0 Å². The number of pyridine rings is 1. The third-order valence-corrected chi connectivity index (χ3v) is 2.44. The molecule has 20 heavy (non-hydrogen) atoms. The molecule has 0 aliphatic heterocycles. The number of rotatable bonds is 3. The summed E-state index contributed by atoms with van der Waals surface area (Å²) in [6.07, 6.45) is 3.16. The van der Waals surface area contributed by atoms with Crippen molar-refractivity contribution in [3.63, 3.8) is 0 Å². The van der Waals surface area contributed by atoms with Gasteiger partial charge in [-0.05, 0) is 17.7 Å². The van der Waals surface area contributed by atoms with Gasteiger partial charge in [0.25, 0.3) is 0 Å². The molecule has 0 spiro atoms. The second kappa shape index (κ2) is 6.89. The van der Waals surface area contributed by atoms with Crippen molar-refractivity contribution in [2.75, 3.05) is 5.32 Å². The zero-order chi connectivity index (χ0) is 14.2. The maximum atomic E-state index is 11.6. The van der Waals surface area contributed by atoms with Crippen molar-refractivity contribution < 1.29 is 4.79 Å². The van der Waals surface area contributed by atoms with E-state index in [0.717, 1.165) is 5.56 Å². The molecule has 2 rings (SSSR count). The molecule has 0 fully saturated rings. The summed E-state index contributed by atoms with van der Waals surface area (Å²) in [5.41, 5.74) is 7.24. The normalized spacial score (nSPS) is 10.9. The van der Waals surface area contributed by atoms with Crippen molar-refractivity contribution in [3.8, 4) is 0 Å². The summed E-state index contributed by atoms with van der Waals surface area (Å²) in [7, 11) is 0. The van der Waals surface area contributed by atoms with E-state index in [2.05, 4.69) is 20.6 Å². The predicted octanol–water partition coefficient (Wildman–Crippen LogP) is 1.72. The molecule has 102 valence electrons. The highest BCUT2D eigenvalue weighted by Crippen LogP contribution is 2.02. The second-order valence-corrected chi connectivity index (χ2v) is 4.01. The van der Waals surface area contributed by atoms with Crippen LogP contribution in [-0.2, 0) is 6.54 Å². The second-order valence-electron chi connectivity index (χ2n) is 4.01. The molecule has 2 aromatic rings. The van der Waals surface area contributed by atoms with Crippen LogP contribution in [-0.4, -0.2) is 17.0 Å². The van der Waals surface area contributed by atoms with Crippen molar-refractivity contribution in [3.05, 3.63) is 60.4 Å². The van der Waals surface area contributed by atoms with Gasteiger partial charge in [0.1, 0.15) is 0 Å². The van der Waals surface area contributed by atoms with Crippen LogP contribution in [0, 0.1) is 0 Å². The SMILES string of the molecule is NC(=NCc1ccccc1)NC(=O)Nc1cccnc1. The van der Waals surface area contributed by atoms with Gasteiger partial charge in [0, 0.05) is 6.20 Å². The number of amides is 2. The molecule has 1 aromatic heterocycles. The Labute approximate surface area is 116 Å². The first-order chi connectivity index (χ1) is 9.74. The number of hydrogen-bond acceptors (Lipinski definition) is 3. The van der Waals surface area contributed by atoms with E-state index in [1.807, 2.05) is 30.3 Å². The van der Waals surface area contributed by atoms with E-state index in [1.54, 1.807) is 18.3 Å². The van der Waals surface area contributed by atoms with Gasteiger partial charge in [-0.25, -0.2) is 9.79 Å². The minimum atomic E-state index is -0.452. The monoisotopic (exact) mass is 269 g/mol. The number of benzene rings is 1. The Bertz CT molecular complexity index is 583. The van der Waals surface area contributed by atoms with Crippen molar-refractivity contribution >= 4 is 17.7 Å². The smallest absolute Gasteiger partial charge is 0.326 e. The molecule has 4 N–H and O–H groups in total. The average molecular weight is 269 g/mol. The number of nitrogens with one attached hydrogen (secondary N) is 2. The first-order valence-corrected chi connectivity index (χ1v) is 6.06. The van der Waals surface area contributed by atoms with Gasteiger partial charge in [-0.15, -0.1) is 0 Å². The standard InChI is InChI=1S/C14H15N5O/c15-13(17-9-11-5-2-1-3-6-11)19-14(20)18-12-7-4-8-16-10-12/h1-8,10H,9H2,(H4,15,17,18,19,20). The Kier molecular flexibility index (Phi) is 4.66. The molecule has 6 heteroatoms. The number of aromatic nitrogens is 1. The molecule has 0 aliphatic rings. The number of guanidine groups is 1. The van der Waals surface area contributed by atoms with Gasteiger partial charge in [-0.2, -0.15) is 0 Å². The summed E-state index contributed by atoms with van der Waals surface area (Å²) >= 11 is 0. The number of urea groups is 1. The molecular weight excluding hydrogens is 254 g/mol. The maximum absolute atomic E-state index is 11.6. The molecular formula is C14H15N5O. The van der Waals surface area contributed by atoms with Gasteiger partial charge in [-0.1, -0.05) is 30.3 Å². The van der Waals surface area contributed by atoms with E-state index in [9.17, 15) is 4.79 Å². The number of hydrogen-bond donors (Lipinski definition) is 3. The fourth-order valence-corrected chi connectivity index (χ4v) is 1.51.